The lowest BCUT2D eigenvalue weighted by molar-refractivity contribution is 0.330. The van der Waals surface area contributed by atoms with E-state index in [9.17, 15) is 123 Å². The molecule has 2 aromatic heterocycles. The van der Waals surface area contributed by atoms with Crippen molar-refractivity contribution in [1.82, 2.24) is 15.0 Å². The molecule has 28 nitrogen and oxygen atoms in total. The molecule has 37 heteroatoms. The number of benzene rings is 8. The van der Waals surface area contributed by atoms with Crippen LogP contribution in [0.1, 0.15) is 0 Å². The lowest BCUT2D eigenvalue weighted by Crippen LogP contribution is -2.29. The Balaban J connectivity index is 1.37. The number of aromatic hydroxyl groups is 24. The molecule has 0 unspecified atom stereocenters. The van der Waals surface area contributed by atoms with Crippen LogP contribution in [0.3, 0.4) is 0 Å². The molecule has 0 atom stereocenters. The normalized spacial score (nSPS) is 11.5. The quantitative estimate of drug-likeness (QED) is 0.0400. The van der Waals surface area contributed by atoms with Gasteiger partial charge in [0.1, 0.15) is 105 Å². The third-order valence-corrected chi connectivity index (χ3v) is 16.3. The first-order valence-corrected chi connectivity index (χ1v) is 25.6. The van der Waals surface area contributed by atoms with Gasteiger partial charge in [-0.3, -0.25) is 0 Å². The summed E-state index contributed by atoms with van der Waals surface area (Å²) in [4.78, 5) is 13.2. The van der Waals surface area contributed by atoms with E-state index >= 15 is 0 Å². The van der Waals surface area contributed by atoms with Gasteiger partial charge in [-0.1, -0.05) is 10.9 Å². The molecule has 0 amide bonds. The third kappa shape index (κ3) is 7.67. The average molecular weight is 1190 g/mol. The van der Waals surface area contributed by atoms with Gasteiger partial charge < -0.3 is 127 Å². The summed E-state index contributed by atoms with van der Waals surface area (Å²) in [7, 11) is 10.9. The Bertz CT molecular complexity index is 4780. The minimum absolute atomic E-state index is 0.0172. The largest absolute Gasteiger partial charge is 0.508 e. The number of nitrogens with zero attached hydrogens (tertiary/aromatic N) is 3. The van der Waals surface area contributed by atoms with E-state index in [2.05, 4.69) is 15.0 Å². The molecule has 24 N–H and O–H groups in total. The molecule has 10 aromatic rings. The molecular weight excluding hydrogens is 1150 g/mol. The van der Waals surface area contributed by atoms with Crippen molar-refractivity contribution in [1.29, 1.82) is 0 Å². The number of furan rings is 1. The highest BCUT2D eigenvalue weighted by Crippen LogP contribution is 2.61. The number of hydrogen-bond donors (Lipinski definition) is 24. The summed E-state index contributed by atoms with van der Waals surface area (Å²) >= 11 is 0. The zero-order valence-electron chi connectivity index (χ0n) is 47.0. The Kier molecular flexibility index (Phi) is 13.3. The van der Waals surface area contributed by atoms with E-state index in [4.69, 9.17) is 4.42 Å². The molecule has 2 heterocycles. The highest BCUT2D eigenvalue weighted by Gasteiger charge is 2.39. The fourth-order valence-corrected chi connectivity index (χ4v) is 11.3. The molecule has 0 aliphatic carbocycles. The van der Waals surface area contributed by atoms with Gasteiger partial charge in [0.2, 0.25) is 28.7 Å². The van der Waals surface area contributed by atoms with Crippen LogP contribution in [0, 0.1) is 0 Å². The molecular formula is C51H42B9N3O25. The number of aromatic nitrogens is 3. The minimum Gasteiger partial charge on any atom is -0.508 e. The van der Waals surface area contributed by atoms with Gasteiger partial charge in [-0.15, -0.1) is 0 Å². The summed E-state index contributed by atoms with van der Waals surface area (Å²) in [6, 6.07) is 0. The predicted octanol–water partition coefficient (Wildman–Crippen LogP) is -9.30. The van der Waals surface area contributed by atoms with Gasteiger partial charge in [-0.25, -0.2) is 15.0 Å². The fourth-order valence-electron chi connectivity index (χ4n) is 11.3. The summed E-state index contributed by atoms with van der Waals surface area (Å²) in [5, 5.41) is 272. The van der Waals surface area contributed by atoms with Crippen molar-refractivity contribution >= 4 is 142 Å². The molecule has 8 aromatic carbocycles. The average Bonchev–Trinajstić information content (AvgIpc) is 1.45. The van der Waals surface area contributed by atoms with Crippen molar-refractivity contribution in [2.45, 2.75) is 0 Å². The second-order valence-corrected chi connectivity index (χ2v) is 20.9. The molecule has 0 aliphatic rings. The Hall–Kier alpha value is -11.6. The number of phenolic OH excluding ortho intramolecular Hbond substituents is 24. The van der Waals surface area contributed by atoms with Crippen molar-refractivity contribution in [2.75, 3.05) is 0 Å². The molecule has 0 saturated heterocycles. The maximum Gasteiger partial charge on any atom is 0.208 e. The predicted molar refractivity (Wildman–Crippen MR) is 339 cm³/mol. The van der Waals surface area contributed by atoms with E-state index in [0.717, 1.165) is 23.5 Å². The molecule has 10 rings (SSSR count). The SMILES string of the molecule is Bc1c(B)c(-c2c(O)c(-c3c(O)c(O)c(O)c(O)c3O)c3oc4c(-c5c(B)c(O)c(O)c(-c6nc(-c7c(B)c(O)c(O)c(O)c7B)nc(-c7c(B)c(O)c(-c8c(B)c(O)c(O)c(O)c8O)c(O)c7O)n6)c5O)c(O)c(O)c(B)c4c3c2B)c(O)c(O)c1O. The second-order valence-electron chi connectivity index (χ2n) is 20.9. The Labute approximate surface area is 498 Å². The van der Waals surface area contributed by atoms with Crippen molar-refractivity contribution in [3.05, 3.63) is 0 Å². The maximum absolute atomic E-state index is 12.9. The van der Waals surface area contributed by atoms with Crippen LogP contribution in [0.25, 0.3) is 101 Å². The third-order valence-electron chi connectivity index (χ3n) is 16.3. The topological polar surface area (TPSA) is 537 Å². The van der Waals surface area contributed by atoms with Crippen LogP contribution in [0.2, 0.25) is 0 Å². The molecule has 0 spiro atoms. The monoisotopic (exact) mass is 1200 g/mol. The van der Waals surface area contributed by atoms with Crippen molar-refractivity contribution < 1.29 is 127 Å². The minimum atomic E-state index is -1.47. The fraction of sp³-hybridized carbons (Fsp3) is 0. The van der Waals surface area contributed by atoms with Gasteiger partial charge in [0, 0.05) is 38.6 Å². The summed E-state index contributed by atoms with van der Waals surface area (Å²) in [6.45, 7) is 0. The lowest BCUT2D eigenvalue weighted by atomic mass is 9.71. The lowest BCUT2D eigenvalue weighted by Gasteiger charge is -2.22. The second kappa shape index (κ2) is 19.7. The van der Waals surface area contributed by atoms with Crippen molar-refractivity contribution in [3.63, 3.8) is 0 Å². The van der Waals surface area contributed by atoms with E-state index < -0.39 is 239 Å². The molecule has 0 fully saturated rings. The van der Waals surface area contributed by atoms with Gasteiger partial charge in [-0.2, -0.15) is 0 Å². The van der Waals surface area contributed by atoms with Crippen LogP contribution >= 0.6 is 0 Å². The van der Waals surface area contributed by atoms with Crippen LogP contribution in [0.5, 0.6) is 138 Å². The number of rotatable bonds is 7. The number of phenols is 24. The molecule has 0 bridgehead atoms. The van der Waals surface area contributed by atoms with Crippen LogP contribution in [0.4, 0.5) is 0 Å². The maximum atomic E-state index is 12.9. The van der Waals surface area contributed by atoms with Crippen LogP contribution in [-0.4, -0.2) is 208 Å². The van der Waals surface area contributed by atoms with Crippen LogP contribution in [0.15, 0.2) is 4.42 Å². The van der Waals surface area contributed by atoms with Crippen LogP contribution in [-0.2, 0) is 0 Å². The van der Waals surface area contributed by atoms with Gasteiger partial charge >= 0.3 is 0 Å². The summed E-state index contributed by atoms with van der Waals surface area (Å²) in [5.41, 5.74) is -12.1. The van der Waals surface area contributed by atoms with Crippen molar-refractivity contribution in [3.8, 4) is 217 Å². The summed E-state index contributed by atoms with van der Waals surface area (Å²) in [5.74, 6) is -30.8. The van der Waals surface area contributed by atoms with Gasteiger partial charge in [0.25, 0.3) is 0 Å². The van der Waals surface area contributed by atoms with Crippen molar-refractivity contribution in [2.24, 2.45) is 0 Å². The van der Waals surface area contributed by atoms with Gasteiger partial charge in [0.05, 0.1) is 27.8 Å². The summed E-state index contributed by atoms with van der Waals surface area (Å²) in [6.07, 6.45) is 0. The molecule has 88 heavy (non-hydrogen) atoms. The molecule has 0 aliphatic heterocycles. The van der Waals surface area contributed by atoms with E-state index in [0.29, 0.717) is 0 Å². The number of hydrogen-bond acceptors (Lipinski definition) is 28. The first-order valence-electron chi connectivity index (χ1n) is 25.6. The standard InChI is InChI=1S/C51H42B9N3O25/c52-14-1(2-15(53)22(60)39(80)40(81)26(2)67)23(64)10(8-29(70)42(83)46(87)43(84)30(8)71)47-5(14)6-18(56)35(76)31(72)9(48(6)88-47)4-17(55)34(75)33(74)13(24(4)65)51-62-49(11-19(57)37(78)44(85)38(79)20(11)58)61-50(63-51)12-21(59)25(66)7(28(69)32(12)73)3-16(54)36(77)45(86)41(82)27(3)68/h64-87H,52-60H2. The van der Waals surface area contributed by atoms with E-state index in [1.807, 2.05) is 0 Å². The first-order chi connectivity index (χ1) is 41.0. The highest BCUT2D eigenvalue weighted by atomic mass is 16.4. The zero-order valence-corrected chi connectivity index (χ0v) is 47.0. The Morgan fingerprint density at radius 2 is 0.409 bits per heavy atom. The zero-order chi connectivity index (χ0) is 65.3. The smallest absolute Gasteiger partial charge is 0.208 e. The molecule has 0 saturated carbocycles. The van der Waals surface area contributed by atoms with E-state index in [1.54, 1.807) is 0 Å². The molecule has 0 radical (unpaired) electrons. The Morgan fingerprint density at radius 3 is 0.909 bits per heavy atom. The van der Waals surface area contributed by atoms with E-state index in [1.165, 1.54) is 47.1 Å². The first kappa shape index (κ1) is 59.5. The van der Waals surface area contributed by atoms with Crippen LogP contribution < -0.4 is 49.2 Å². The summed E-state index contributed by atoms with van der Waals surface area (Å²) < 4.78 is 6.48. The highest BCUT2D eigenvalue weighted by molar-refractivity contribution is 6.56. The van der Waals surface area contributed by atoms with E-state index in [-0.39, 0.29) is 49.1 Å². The molecule has 438 valence electrons. The number of fused-ring (bicyclic) bond motifs is 3. The van der Waals surface area contributed by atoms with Gasteiger partial charge in [0.15, 0.2) is 109 Å². The Morgan fingerprint density at radius 1 is 0.170 bits per heavy atom. The van der Waals surface area contributed by atoms with Gasteiger partial charge in [-0.05, 0) is 38.2 Å².